The largest absolute Gasteiger partial charge is 0.496 e. The van der Waals surface area contributed by atoms with Crippen LogP contribution in [0, 0.1) is 0 Å². The number of ketones is 1. The summed E-state index contributed by atoms with van der Waals surface area (Å²) in [4.78, 5) is 25.6. The summed E-state index contributed by atoms with van der Waals surface area (Å²) in [6, 6.07) is 18.7. The molecule has 0 aliphatic carbocycles. The number of ether oxygens (including phenoxy) is 1. The Bertz CT molecular complexity index is 1240. The molecule has 0 unspecified atom stereocenters. The van der Waals surface area contributed by atoms with Gasteiger partial charge in [-0.05, 0) is 28.6 Å². The molecule has 8 nitrogen and oxygen atoms in total. The number of carbonyl (C=O) groups excluding carboxylic acids is 2. The van der Waals surface area contributed by atoms with Gasteiger partial charge >= 0.3 is 0 Å². The van der Waals surface area contributed by atoms with Crippen molar-refractivity contribution in [3.63, 3.8) is 0 Å². The minimum Gasteiger partial charge on any atom is -0.496 e. The van der Waals surface area contributed by atoms with Crippen molar-refractivity contribution in [2.45, 2.75) is 0 Å². The van der Waals surface area contributed by atoms with Crippen molar-refractivity contribution >= 4 is 29.0 Å². The molecule has 4 rings (SSSR count). The van der Waals surface area contributed by atoms with Crippen molar-refractivity contribution in [2.24, 2.45) is 0 Å². The van der Waals surface area contributed by atoms with E-state index in [0.717, 1.165) is 0 Å². The standard InChI is InChI=1S/C22H16ClN5O3/c1-31-20-12-19(28-13-24-26-27-28)18(23)11-17(20)22(30)25-16-9-5-8-15(10-16)21(29)14-6-3-2-4-7-14/h2-13H,1H3,(H,25,30). The summed E-state index contributed by atoms with van der Waals surface area (Å²) >= 11 is 6.33. The van der Waals surface area contributed by atoms with Crippen LogP contribution in [-0.4, -0.2) is 39.0 Å². The van der Waals surface area contributed by atoms with Crippen molar-refractivity contribution in [1.29, 1.82) is 0 Å². The van der Waals surface area contributed by atoms with Crippen LogP contribution in [0.2, 0.25) is 5.02 Å². The Morgan fingerprint density at radius 3 is 2.48 bits per heavy atom. The second-order valence-electron chi connectivity index (χ2n) is 6.49. The molecule has 1 N–H and O–H groups in total. The highest BCUT2D eigenvalue weighted by Crippen LogP contribution is 2.30. The molecule has 9 heteroatoms. The fourth-order valence-corrected chi connectivity index (χ4v) is 3.28. The van der Waals surface area contributed by atoms with Crippen LogP contribution >= 0.6 is 11.6 Å². The molecule has 0 spiro atoms. The predicted molar refractivity (Wildman–Crippen MR) is 115 cm³/mol. The van der Waals surface area contributed by atoms with E-state index in [1.54, 1.807) is 54.6 Å². The first kappa shape index (κ1) is 20.2. The lowest BCUT2D eigenvalue weighted by atomic mass is 10.0. The molecule has 0 atom stereocenters. The van der Waals surface area contributed by atoms with Crippen LogP contribution in [0.25, 0.3) is 5.69 Å². The molecule has 0 aliphatic heterocycles. The molecule has 0 saturated heterocycles. The molecular weight excluding hydrogens is 418 g/mol. The summed E-state index contributed by atoms with van der Waals surface area (Å²) in [6.45, 7) is 0. The Morgan fingerprint density at radius 2 is 1.77 bits per heavy atom. The SMILES string of the molecule is COc1cc(-n2cnnn2)c(Cl)cc1C(=O)Nc1cccc(C(=O)c2ccccc2)c1. The number of aromatic nitrogens is 4. The van der Waals surface area contributed by atoms with E-state index in [4.69, 9.17) is 16.3 Å². The summed E-state index contributed by atoms with van der Waals surface area (Å²) in [5.74, 6) is -0.279. The number of benzene rings is 3. The zero-order valence-electron chi connectivity index (χ0n) is 16.3. The van der Waals surface area contributed by atoms with E-state index in [0.29, 0.717) is 28.3 Å². The third-order valence-corrected chi connectivity index (χ3v) is 4.83. The van der Waals surface area contributed by atoms with Crippen molar-refractivity contribution in [3.05, 3.63) is 94.8 Å². The number of anilines is 1. The Labute approximate surface area is 182 Å². The number of amides is 1. The van der Waals surface area contributed by atoms with E-state index >= 15 is 0 Å². The summed E-state index contributed by atoms with van der Waals surface area (Å²) in [7, 11) is 1.45. The molecule has 0 bridgehead atoms. The average molecular weight is 434 g/mol. The highest BCUT2D eigenvalue weighted by molar-refractivity contribution is 6.33. The molecule has 0 radical (unpaired) electrons. The number of nitrogens with one attached hydrogen (secondary N) is 1. The van der Waals surface area contributed by atoms with Crippen LogP contribution in [-0.2, 0) is 0 Å². The lowest BCUT2D eigenvalue weighted by Crippen LogP contribution is -2.14. The Kier molecular flexibility index (Phi) is 5.72. The maximum Gasteiger partial charge on any atom is 0.259 e. The molecule has 0 aliphatic rings. The molecule has 0 saturated carbocycles. The van der Waals surface area contributed by atoms with E-state index in [-0.39, 0.29) is 16.4 Å². The van der Waals surface area contributed by atoms with Gasteiger partial charge in [0.25, 0.3) is 5.91 Å². The Morgan fingerprint density at radius 1 is 1.00 bits per heavy atom. The average Bonchev–Trinajstić information content (AvgIpc) is 3.34. The molecule has 3 aromatic carbocycles. The summed E-state index contributed by atoms with van der Waals surface area (Å²) < 4.78 is 6.73. The van der Waals surface area contributed by atoms with Gasteiger partial charge in [0.15, 0.2) is 5.78 Å². The molecular formula is C22H16ClN5O3. The molecule has 1 aromatic heterocycles. The van der Waals surface area contributed by atoms with Gasteiger partial charge in [-0.15, -0.1) is 5.10 Å². The number of tetrazole rings is 1. The normalized spacial score (nSPS) is 10.5. The zero-order chi connectivity index (χ0) is 21.8. The minimum absolute atomic E-state index is 0.136. The number of halogens is 1. The first-order valence-corrected chi connectivity index (χ1v) is 9.56. The lowest BCUT2D eigenvalue weighted by molar-refractivity contribution is 0.101. The molecule has 4 aromatic rings. The van der Waals surface area contributed by atoms with Gasteiger partial charge in [-0.25, -0.2) is 0 Å². The fraction of sp³-hybridized carbons (Fsp3) is 0.0455. The van der Waals surface area contributed by atoms with Gasteiger partial charge in [-0.2, -0.15) is 4.68 Å². The Hall–Kier alpha value is -4.04. The molecule has 0 fully saturated rings. The number of carbonyl (C=O) groups is 2. The monoisotopic (exact) mass is 433 g/mol. The van der Waals surface area contributed by atoms with E-state index in [1.165, 1.54) is 24.2 Å². The Balaban J connectivity index is 1.60. The van der Waals surface area contributed by atoms with Crippen LogP contribution in [0.1, 0.15) is 26.3 Å². The third-order valence-electron chi connectivity index (χ3n) is 4.53. The van der Waals surface area contributed by atoms with Crippen LogP contribution < -0.4 is 10.1 Å². The van der Waals surface area contributed by atoms with Crippen LogP contribution in [0.15, 0.2) is 73.1 Å². The second kappa shape index (κ2) is 8.76. The van der Waals surface area contributed by atoms with E-state index in [2.05, 4.69) is 20.8 Å². The van der Waals surface area contributed by atoms with Gasteiger partial charge in [0.2, 0.25) is 0 Å². The number of nitrogens with zero attached hydrogens (tertiary/aromatic N) is 4. The zero-order valence-corrected chi connectivity index (χ0v) is 17.1. The highest BCUT2D eigenvalue weighted by atomic mass is 35.5. The summed E-state index contributed by atoms with van der Waals surface area (Å²) in [5, 5.41) is 14.0. The molecule has 154 valence electrons. The van der Waals surface area contributed by atoms with Crippen molar-refractivity contribution in [1.82, 2.24) is 20.2 Å². The summed E-state index contributed by atoms with van der Waals surface area (Å²) in [6.07, 6.45) is 1.38. The second-order valence-corrected chi connectivity index (χ2v) is 6.90. The van der Waals surface area contributed by atoms with Crippen LogP contribution in [0.4, 0.5) is 5.69 Å². The van der Waals surface area contributed by atoms with E-state index in [9.17, 15) is 9.59 Å². The number of rotatable bonds is 6. The van der Waals surface area contributed by atoms with Gasteiger partial charge in [0, 0.05) is 22.9 Å². The van der Waals surface area contributed by atoms with Crippen molar-refractivity contribution in [3.8, 4) is 11.4 Å². The van der Waals surface area contributed by atoms with Gasteiger partial charge in [0.05, 0.1) is 23.4 Å². The number of hydrogen-bond donors (Lipinski definition) is 1. The van der Waals surface area contributed by atoms with E-state index < -0.39 is 5.91 Å². The first-order valence-electron chi connectivity index (χ1n) is 9.19. The molecule has 1 heterocycles. The van der Waals surface area contributed by atoms with Crippen LogP contribution in [0.5, 0.6) is 5.75 Å². The highest BCUT2D eigenvalue weighted by Gasteiger charge is 2.18. The fourth-order valence-electron chi connectivity index (χ4n) is 3.03. The van der Waals surface area contributed by atoms with Crippen molar-refractivity contribution in [2.75, 3.05) is 12.4 Å². The van der Waals surface area contributed by atoms with Gasteiger partial charge < -0.3 is 10.1 Å². The van der Waals surface area contributed by atoms with E-state index in [1.807, 2.05) is 6.07 Å². The first-order chi connectivity index (χ1) is 15.1. The van der Waals surface area contributed by atoms with Crippen molar-refractivity contribution < 1.29 is 14.3 Å². The number of hydrogen-bond acceptors (Lipinski definition) is 6. The molecule has 31 heavy (non-hydrogen) atoms. The quantitative estimate of drug-likeness (QED) is 0.464. The lowest BCUT2D eigenvalue weighted by Gasteiger charge is -2.13. The van der Waals surface area contributed by atoms with Crippen LogP contribution in [0.3, 0.4) is 0 Å². The minimum atomic E-state index is -0.439. The topological polar surface area (TPSA) is 99.0 Å². The summed E-state index contributed by atoms with van der Waals surface area (Å²) in [5.41, 5.74) is 2.19. The molecule has 1 amide bonds. The number of methoxy groups -OCH3 is 1. The predicted octanol–water partition coefficient (Wildman–Crippen LogP) is 3.81. The maximum atomic E-state index is 12.9. The van der Waals surface area contributed by atoms with Gasteiger partial charge in [-0.1, -0.05) is 54.1 Å². The van der Waals surface area contributed by atoms with Gasteiger partial charge in [-0.3, -0.25) is 9.59 Å². The maximum absolute atomic E-state index is 12.9. The third kappa shape index (κ3) is 4.29. The smallest absolute Gasteiger partial charge is 0.259 e. The van der Waals surface area contributed by atoms with Gasteiger partial charge in [0.1, 0.15) is 12.1 Å².